The summed E-state index contributed by atoms with van der Waals surface area (Å²) in [7, 11) is -3.99. The fourth-order valence-corrected chi connectivity index (χ4v) is 5.86. The zero-order chi connectivity index (χ0) is 22.9. The Hall–Kier alpha value is -1.20. The molecule has 0 aliphatic rings. The molecule has 3 aromatic carbocycles. The molecule has 5 nitrogen and oxygen atoms in total. The number of sulfonamides is 1. The van der Waals surface area contributed by atoms with E-state index in [9.17, 15) is 13.5 Å². The lowest BCUT2D eigenvalue weighted by Gasteiger charge is -2.17. The van der Waals surface area contributed by atoms with E-state index in [1.54, 1.807) is 24.3 Å². The van der Waals surface area contributed by atoms with Crippen LogP contribution >= 0.6 is 63.7 Å². The molecule has 0 unspecified atom stereocenters. The first-order valence-corrected chi connectivity index (χ1v) is 13.4. The molecule has 0 radical (unpaired) electrons. The molecule has 0 aliphatic carbocycles. The van der Waals surface area contributed by atoms with Crippen LogP contribution < -0.4 is 5.32 Å². The third-order valence-electron chi connectivity index (χ3n) is 4.34. The van der Waals surface area contributed by atoms with E-state index in [0.717, 1.165) is 11.1 Å². The molecule has 3 rings (SSSR count). The van der Waals surface area contributed by atoms with Crippen LogP contribution in [0.2, 0.25) is 0 Å². The highest BCUT2D eigenvalue weighted by molar-refractivity contribution is 9.14. The number of amidine groups is 1. The van der Waals surface area contributed by atoms with Crippen LogP contribution in [0.5, 0.6) is 5.75 Å². The summed E-state index contributed by atoms with van der Waals surface area (Å²) in [5.74, 6) is 0.122. The molecule has 0 saturated heterocycles. The van der Waals surface area contributed by atoms with Crippen LogP contribution in [-0.2, 0) is 10.0 Å². The Labute approximate surface area is 214 Å². The predicted molar refractivity (Wildman–Crippen MR) is 139 cm³/mol. The highest BCUT2D eigenvalue weighted by Crippen LogP contribution is 2.48. The van der Waals surface area contributed by atoms with Crippen LogP contribution in [0.3, 0.4) is 0 Å². The first-order valence-electron chi connectivity index (χ1n) is 8.82. The van der Waals surface area contributed by atoms with Crippen LogP contribution in [0, 0.1) is 13.8 Å². The molecule has 0 aromatic heterocycles. The third kappa shape index (κ3) is 5.42. The van der Waals surface area contributed by atoms with Crippen molar-refractivity contribution in [1.29, 1.82) is 0 Å². The molecule has 31 heavy (non-hydrogen) atoms. The third-order valence-corrected chi connectivity index (χ3v) is 9.82. The highest BCUT2D eigenvalue weighted by atomic mass is 79.9. The van der Waals surface area contributed by atoms with Gasteiger partial charge in [0.2, 0.25) is 0 Å². The summed E-state index contributed by atoms with van der Waals surface area (Å²) in [5, 5.41) is 13.3. The number of halogens is 4. The first kappa shape index (κ1) is 24.4. The summed E-state index contributed by atoms with van der Waals surface area (Å²) in [6, 6.07) is 13.8. The van der Waals surface area contributed by atoms with E-state index in [0.29, 0.717) is 29.1 Å². The Kier molecular flexibility index (Phi) is 7.68. The lowest BCUT2D eigenvalue weighted by molar-refractivity contribution is 0.467. The molecule has 0 fully saturated rings. The second-order valence-corrected chi connectivity index (χ2v) is 11.5. The number of hydrogen-bond acceptors (Lipinski definition) is 3. The van der Waals surface area contributed by atoms with Gasteiger partial charge in [-0.15, -0.1) is 4.40 Å². The minimum absolute atomic E-state index is 0.00889. The van der Waals surface area contributed by atoms with Crippen LogP contribution in [-0.4, -0.2) is 19.4 Å². The Morgan fingerprint density at radius 2 is 1.26 bits per heavy atom. The molecule has 0 heterocycles. The van der Waals surface area contributed by atoms with E-state index in [-0.39, 0.29) is 16.5 Å². The molecule has 0 spiro atoms. The van der Waals surface area contributed by atoms with E-state index < -0.39 is 10.0 Å². The number of phenolic OH excluding ortho intramolecular Hbond substituents is 1. The molecule has 10 heteroatoms. The van der Waals surface area contributed by atoms with Gasteiger partial charge >= 0.3 is 0 Å². The van der Waals surface area contributed by atoms with Crippen LogP contribution in [0.25, 0.3) is 0 Å². The minimum Gasteiger partial charge on any atom is -0.505 e. The molecular formula is C21H16Br4N2O3S. The smallest absolute Gasteiger partial charge is 0.284 e. The maximum atomic E-state index is 13.0. The van der Waals surface area contributed by atoms with Gasteiger partial charge in [0, 0.05) is 5.56 Å². The molecule has 0 saturated carbocycles. The number of hydrogen-bond donors (Lipinski definition) is 2. The number of phenols is 1. The predicted octanol–water partition coefficient (Wildman–Crippen LogP) is 7.31. The molecule has 3 aromatic rings. The number of aromatic hydroxyl groups is 1. The van der Waals surface area contributed by atoms with E-state index in [4.69, 9.17) is 0 Å². The van der Waals surface area contributed by atoms with Crippen molar-refractivity contribution in [2.24, 2.45) is 4.40 Å². The van der Waals surface area contributed by atoms with Crippen LogP contribution in [0.4, 0.5) is 5.69 Å². The summed E-state index contributed by atoms with van der Waals surface area (Å²) >= 11 is 13.5. The van der Waals surface area contributed by atoms with Gasteiger partial charge in [-0.3, -0.25) is 0 Å². The maximum Gasteiger partial charge on any atom is 0.284 e. The van der Waals surface area contributed by atoms with Gasteiger partial charge in [0.15, 0.2) is 5.84 Å². The maximum absolute atomic E-state index is 13.0. The molecule has 0 aliphatic heterocycles. The summed E-state index contributed by atoms with van der Waals surface area (Å²) < 4.78 is 32.0. The van der Waals surface area contributed by atoms with E-state index in [1.807, 2.05) is 26.0 Å². The first-order chi connectivity index (χ1) is 14.5. The summed E-state index contributed by atoms with van der Waals surface area (Å²) in [4.78, 5) is 0.0933. The Bertz CT molecular complexity index is 1240. The van der Waals surface area contributed by atoms with Gasteiger partial charge in [-0.2, -0.15) is 8.42 Å². The standard InChI is InChI=1S/C21H16Br4N2O3S/c1-11-3-7-13(8-4-11)21(27-31(29,30)14-9-5-12(2)6-10-14)26-19-15(22)17(24)20(28)18(25)16(19)23/h3-10,28H,1-2H3,(H,26,27). The van der Waals surface area contributed by atoms with Crippen molar-refractivity contribution < 1.29 is 13.5 Å². The average Bonchev–Trinajstić information content (AvgIpc) is 2.74. The fourth-order valence-electron chi connectivity index (χ4n) is 2.59. The quantitative estimate of drug-likeness (QED) is 0.130. The fraction of sp³-hybridized carbons (Fsp3) is 0.0952. The second kappa shape index (κ2) is 9.74. The number of benzene rings is 3. The van der Waals surface area contributed by atoms with Gasteiger partial charge in [0.05, 0.1) is 28.5 Å². The van der Waals surface area contributed by atoms with Gasteiger partial charge in [-0.25, -0.2) is 0 Å². The molecule has 0 atom stereocenters. The molecular weight excluding hydrogens is 680 g/mol. The van der Waals surface area contributed by atoms with Crippen LogP contribution in [0.1, 0.15) is 16.7 Å². The van der Waals surface area contributed by atoms with Crippen molar-refractivity contribution in [3.8, 4) is 5.75 Å². The van der Waals surface area contributed by atoms with Crippen molar-refractivity contribution in [2.75, 3.05) is 5.32 Å². The lowest BCUT2D eigenvalue weighted by Crippen LogP contribution is -2.17. The Morgan fingerprint density at radius 1 is 0.806 bits per heavy atom. The van der Waals surface area contributed by atoms with Gasteiger partial charge in [-0.05, 0) is 89.7 Å². The van der Waals surface area contributed by atoms with E-state index in [1.165, 1.54) is 12.1 Å². The largest absolute Gasteiger partial charge is 0.505 e. The number of rotatable bonds is 4. The van der Waals surface area contributed by atoms with Crippen molar-refractivity contribution in [3.63, 3.8) is 0 Å². The molecule has 162 valence electrons. The zero-order valence-corrected chi connectivity index (χ0v) is 23.4. The number of anilines is 1. The Morgan fingerprint density at radius 3 is 1.74 bits per heavy atom. The molecule has 0 amide bonds. The van der Waals surface area contributed by atoms with Crippen molar-refractivity contribution in [3.05, 3.63) is 83.1 Å². The SMILES string of the molecule is Cc1ccc(/C(=N\S(=O)(=O)c2ccc(C)cc2)Nc2c(Br)c(Br)c(O)c(Br)c2Br)cc1. The highest BCUT2D eigenvalue weighted by Gasteiger charge is 2.22. The topological polar surface area (TPSA) is 78.8 Å². The Balaban J connectivity index is 2.18. The van der Waals surface area contributed by atoms with Gasteiger partial charge in [0.25, 0.3) is 10.0 Å². The molecule has 0 bridgehead atoms. The second-order valence-electron chi connectivity index (χ2n) is 6.70. The van der Waals surface area contributed by atoms with Gasteiger partial charge in [-0.1, -0.05) is 47.5 Å². The normalized spacial score (nSPS) is 12.1. The summed E-state index contributed by atoms with van der Waals surface area (Å²) in [5.41, 5.74) is 3.05. The zero-order valence-electron chi connectivity index (χ0n) is 16.2. The number of aryl methyl sites for hydroxylation is 2. The minimum atomic E-state index is -3.99. The number of nitrogens with one attached hydrogen (secondary N) is 1. The monoisotopic (exact) mass is 692 g/mol. The van der Waals surface area contributed by atoms with Gasteiger partial charge < -0.3 is 10.4 Å². The lowest BCUT2D eigenvalue weighted by atomic mass is 10.1. The average molecular weight is 696 g/mol. The summed E-state index contributed by atoms with van der Waals surface area (Å²) in [6.07, 6.45) is 0. The summed E-state index contributed by atoms with van der Waals surface area (Å²) in [6.45, 7) is 3.83. The van der Waals surface area contributed by atoms with Crippen LogP contribution in [0.15, 0.2) is 75.7 Å². The van der Waals surface area contributed by atoms with E-state index in [2.05, 4.69) is 73.4 Å². The van der Waals surface area contributed by atoms with Gasteiger partial charge in [0.1, 0.15) is 5.75 Å². The van der Waals surface area contributed by atoms with E-state index >= 15 is 0 Å². The number of nitrogens with zero attached hydrogens (tertiary/aromatic N) is 1. The van der Waals surface area contributed by atoms with Crippen molar-refractivity contribution >= 4 is 85.3 Å². The molecule has 2 N–H and O–H groups in total. The van der Waals surface area contributed by atoms with Crippen molar-refractivity contribution in [1.82, 2.24) is 0 Å². The van der Waals surface area contributed by atoms with Crippen molar-refractivity contribution in [2.45, 2.75) is 18.7 Å².